The van der Waals surface area contributed by atoms with Gasteiger partial charge >= 0.3 is 0 Å². The van der Waals surface area contributed by atoms with E-state index in [4.69, 9.17) is 11.6 Å². The number of rotatable bonds is 4. The fourth-order valence-corrected chi connectivity index (χ4v) is 2.67. The Bertz CT molecular complexity index is 383. The average molecular weight is 245 g/mol. The molecule has 0 aliphatic rings. The van der Waals surface area contributed by atoms with Crippen LogP contribution in [-0.2, 0) is 13.1 Å². The van der Waals surface area contributed by atoms with Crippen LogP contribution in [0.15, 0.2) is 23.0 Å². The number of nitrogens with one attached hydrogen (secondary N) is 1. The lowest BCUT2D eigenvalue weighted by Gasteiger charge is -1.98. The van der Waals surface area contributed by atoms with Crippen molar-refractivity contribution >= 4 is 34.3 Å². The van der Waals surface area contributed by atoms with Crippen LogP contribution in [0.25, 0.3) is 0 Å². The summed E-state index contributed by atoms with van der Waals surface area (Å²) in [7, 11) is 0. The summed E-state index contributed by atoms with van der Waals surface area (Å²) < 4.78 is 0.748. The van der Waals surface area contributed by atoms with E-state index in [1.165, 1.54) is 16.9 Å². The van der Waals surface area contributed by atoms with Crippen LogP contribution >= 0.6 is 34.3 Å². The Labute approximate surface area is 95.6 Å². The monoisotopic (exact) mass is 244 g/mol. The van der Waals surface area contributed by atoms with Crippen LogP contribution in [-0.4, -0.2) is 4.98 Å². The molecular weight excluding hydrogens is 236 g/mol. The summed E-state index contributed by atoms with van der Waals surface area (Å²) >= 11 is 9.00. The van der Waals surface area contributed by atoms with Crippen LogP contribution in [0.3, 0.4) is 0 Å². The maximum atomic E-state index is 5.77. The molecule has 0 saturated carbocycles. The normalized spacial score (nSPS) is 10.6. The zero-order chi connectivity index (χ0) is 9.80. The highest BCUT2D eigenvalue weighted by molar-refractivity contribution is 7.15. The van der Waals surface area contributed by atoms with Crippen LogP contribution in [0.5, 0.6) is 0 Å². The van der Waals surface area contributed by atoms with Crippen molar-refractivity contribution in [3.05, 3.63) is 37.9 Å². The van der Waals surface area contributed by atoms with Crippen LogP contribution in [0, 0.1) is 0 Å². The lowest BCUT2D eigenvalue weighted by atomic mass is 10.3. The van der Waals surface area contributed by atoms with Gasteiger partial charge in [0.1, 0.15) is 9.34 Å². The molecule has 74 valence electrons. The maximum absolute atomic E-state index is 5.77. The SMILES string of the molecule is Clc1cnc(CNCc2ccsc2)s1. The molecular formula is C9H9ClN2S2. The quantitative estimate of drug-likeness (QED) is 0.894. The average Bonchev–Trinajstić information content (AvgIpc) is 2.77. The fourth-order valence-electron chi connectivity index (χ4n) is 1.08. The van der Waals surface area contributed by atoms with Gasteiger partial charge in [-0.05, 0) is 22.4 Å². The van der Waals surface area contributed by atoms with Gasteiger partial charge in [-0.25, -0.2) is 4.98 Å². The lowest BCUT2D eigenvalue weighted by molar-refractivity contribution is 0.691. The molecule has 0 aliphatic heterocycles. The van der Waals surface area contributed by atoms with Crippen molar-refractivity contribution in [2.45, 2.75) is 13.1 Å². The van der Waals surface area contributed by atoms with Gasteiger partial charge in [0, 0.05) is 13.1 Å². The molecule has 0 atom stereocenters. The predicted octanol–water partition coefficient (Wildman–Crippen LogP) is 3.15. The molecule has 0 radical (unpaired) electrons. The summed E-state index contributed by atoms with van der Waals surface area (Å²) in [5, 5.41) is 8.57. The molecule has 0 spiro atoms. The first-order valence-electron chi connectivity index (χ1n) is 4.16. The topological polar surface area (TPSA) is 24.9 Å². The minimum absolute atomic E-state index is 0.748. The first-order valence-corrected chi connectivity index (χ1v) is 6.30. The molecule has 14 heavy (non-hydrogen) atoms. The first-order chi connectivity index (χ1) is 6.84. The highest BCUT2D eigenvalue weighted by atomic mass is 35.5. The van der Waals surface area contributed by atoms with Gasteiger partial charge in [0.15, 0.2) is 0 Å². The van der Waals surface area contributed by atoms with Gasteiger partial charge in [0.05, 0.1) is 6.20 Å². The molecule has 2 rings (SSSR count). The van der Waals surface area contributed by atoms with E-state index in [9.17, 15) is 0 Å². The molecule has 2 nitrogen and oxygen atoms in total. The molecule has 2 aromatic rings. The summed E-state index contributed by atoms with van der Waals surface area (Å²) in [5.74, 6) is 0. The molecule has 5 heteroatoms. The zero-order valence-corrected chi connectivity index (χ0v) is 9.75. The molecule has 0 saturated heterocycles. The molecule has 0 aromatic carbocycles. The second-order valence-electron chi connectivity index (χ2n) is 2.79. The smallest absolute Gasteiger partial charge is 0.113 e. The molecule has 2 heterocycles. The zero-order valence-electron chi connectivity index (χ0n) is 7.37. The van der Waals surface area contributed by atoms with Gasteiger partial charge in [-0.3, -0.25) is 0 Å². The van der Waals surface area contributed by atoms with Crippen LogP contribution in [0.1, 0.15) is 10.6 Å². The van der Waals surface area contributed by atoms with Crippen molar-refractivity contribution in [2.75, 3.05) is 0 Å². The first kappa shape index (κ1) is 10.1. The number of aromatic nitrogens is 1. The maximum Gasteiger partial charge on any atom is 0.113 e. The third kappa shape index (κ3) is 2.78. The van der Waals surface area contributed by atoms with E-state index in [2.05, 4.69) is 27.1 Å². The Kier molecular flexibility index (Phi) is 3.53. The van der Waals surface area contributed by atoms with Crippen molar-refractivity contribution < 1.29 is 0 Å². The van der Waals surface area contributed by atoms with Crippen LogP contribution in [0.2, 0.25) is 4.34 Å². The molecule has 0 aliphatic carbocycles. The summed E-state index contributed by atoms with van der Waals surface area (Å²) in [4.78, 5) is 4.16. The van der Waals surface area contributed by atoms with Crippen molar-refractivity contribution in [1.29, 1.82) is 0 Å². The third-order valence-electron chi connectivity index (χ3n) is 1.71. The largest absolute Gasteiger partial charge is 0.306 e. The fraction of sp³-hybridized carbons (Fsp3) is 0.222. The van der Waals surface area contributed by atoms with Gasteiger partial charge in [-0.1, -0.05) is 11.6 Å². The van der Waals surface area contributed by atoms with Crippen molar-refractivity contribution in [3.63, 3.8) is 0 Å². The molecule has 2 aromatic heterocycles. The summed E-state index contributed by atoms with van der Waals surface area (Å²) in [5.41, 5.74) is 1.32. The Morgan fingerprint density at radius 3 is 3.00 bits per heavy atom. The van der Waals surface area contributed by atoms with E-state index in [1.807, 2.05) is 0 Å². The number of thiophene rings is 1. The number of hydrogen-bond donors (Lipinski definition) is 1. The number of nitrogens with zero attached hydrogens (tertiary/aromatic N) is 1. The van der Waals surface area contributed by atoms with E-state index >= 15 is 0 Å². The van der Waals surface area contributed by atoms with Crippen molar-refractivity contribution in [2.24, 2.45) is 0 Å². The van der Waals surface area contributed by atoms with Gasteiger partial charge in [-0.15, -0.1) is 11.3 Å². The van der Waals surface area contributed by atoms with Crippen molar-refractivity contribution in [1.82, 2.24) is 10.3 Å². The summed E-state index contributed by atoms with van der Waals surface area (Å²) in [6.45, 7) is 1.67. The standard InChI is InChI=1S/C9H9ClN2S2/c10-8-4-12-9(14-8)5-11-3-7-1-2-13-6-7/h1-2,4,6,11H,3,5H2. The molecule has 0 fully saturated rings. The van der Waals surface area contributed by atoms with Gasteiger partial charge < -0.3 is 5.32 Å². The Morgan fingerprint density at radius 1 is 1.43 bits per heavy atom. The van der Waals surface area contributed by atoms with E-state index < -0.39 is 0 Å². The summed E-state index contributed by atoms with van der Waals surface area (Å²) in [6.07, 6.45) is 1.69. The number of halogens is 1. The highest BCUT2D eigenvalue weighted by Crippen LogP contribution is 2.17. The Hall–Kier alpha value is -0.420. The van der Waals surface area contributed by atoms with E-state index in [1.54, 1.807) is 17.5 Å². The molecule has 1 N–H and O–H groups in total. The number of thiazole rings is 1. The third-order valence-corrected chi connectivity index (χ3v) is 3.56. The molecule has 0 amide bonds. The Balaban J connectivity index is 1.78. The van der Waals surface area contributed by atoms with E-state index in [0.29, 0.717) is 0 Å². The minimum Gasteiger partial charge on any atom is -0.306 e. The predicted molar refractivity (Wildman–Crippen MR) is 62.0 cm³/mol. The second kappa shape index (κ2) is 4.89. The second-order valence-corrected chi connectivity index (χ2v) is 5.32. The highest BCUT2D eigenvalue weighted by Gasteiger charge is 1.99. The van der Waals surface area contributed by atoms with Crippen LogP contribution < -0.4 is 5.32 Å². The molecule has 0 bridgehead atoms. The lowest BCUT2D eigenvalue weighted by Crippen LogP contribution is -2.11. The van der Waals surface area contributed by atoms with Crippen LogP contribution in [0.4, 0.5) is 0 Å². The molecule has 0 unspecified atom stereocenters. The summed E-state index contributed by atoms with van der Waals surface area (Å²) in [6, 6.07) is 2.12. The van der Waals surface area contributed by atoms with Crippen molar-refractivity contribution in [3.8, 4) is 0 Å². The minimum atomic E-state index is 0.748. The van der Waals surface area contributed by atoms with Gasteiger partial charge in [0.25, 0.3) is 0 Å². The number of hydrogen-bond acceptors (Lipinski definition) is 4. The van der Waals surface area contributed by atoms with E-state index in [-0.39, 0.29) is 0 Å². The Morgan fingerprint density at radius 2 is 2.36 bits per heavy atom. The van der Waals surface area contributed by atoms with E-state index in [0.717, 1.165) is 22.4 Å². The van der Waals surface area contributed by atoms with Gasteiger partial charge in [0.2, 0.25) is 0 Å². The van der Waals surface area contributed by atoms with Gasteiger partial charge in [-0.2, -0.15) is 11.3 Å².